The van der Waals surface area contributed by atoms with Gasteiger partial charge in [0.05, 0.1) is 6.10 Å². The van der Waals surface area contributed by atoms with Gasteiger partial charge >= 0.3 is 0 Å². The normalized spacial score (nSPS) is 15.7. The Morgan fingerprint density at radius 3 is 2.00 bits per heavy atom. The number of aliphatic hydroxyl groups excluding tert-OH is 1. The zero-order valence-electron chi connectivity index (χ0n) is 20.2. The lowest BCUT2D eigenvalue weighted by molar-refractivity contribution is 0.155. The van der Waals surface area contributed by atoms with E-state index in [9.17, 15) is 5.11 Å². The minimum atomic E-state index is -0.537. The van der Waals surface area contributed by atoms with Gasteiger partial charge in [0.15, 0.2) is 0 Å². The summed E-state index contributed by atoms with van der Waals surface area (Å²) in [6, 6.07) is 4.00. The van der Waals surface area contributed by atoms with Crippen LogP contribution in [0.15, 0.2) is 12.1 Å². The molecule has 1 fully saturated rings. The van der Waals surface area contributed by atoms with Gasteiger partial charge in [-0.1, -0.05) is 91.8 Å². The molecule has 2 N–H and O–H groups in total. The Labute approximate surface area is 181 Å². The third kappa shape index (κ3) is 11.4. The predicted molar refractivity (Wildman–Crippen MR) is 129 cm³/mol. The van der Waals surface area contributed by atoms with Crippen molar-refractivity contribution >= 4 is 11.6 Å². The molecule has 1 aliphatic rings. The number of rotatable bonds is 5. The molecule has 1 atom stereocenters. The molecule has 28 heavy (non-hydrogen) atoms. The maximum absolute atomic E-state index is 10.4. The van der Waals surface area contributed by atoms with Crippen molar-refractivity contribution in [1.29, 1.82) is 0 Å². The summed E-state index contributed by atoms with van der Waals surface area (Å²) in [4.78, 5) is 0. The zero-order chi connectivity index (χ0) is 22.2. The van der Waals surface area contributed by atoms with Gasteiger partial charge in [0.25, 0.3) is 0 Å². The lowest BCUT2D eigenvalue weighted by Gasteiger charge is -2.34. The highest BCUT2D eigenvalue weighted by Gasteiger charge is 2.26. The Kier molecular flexibility index (Phi) is 18.3. The van der Waals surface area contributed by atoms with Crippen LogP contribution >= 0.6 is 11.6 Å². The Bertz CT molecular complexity index is 472. The third-order valence-electron chi connectivity index (χ3n) is 4.76. The van der Waals surface area contributed by atoms with Gasteiger partial charge < -0.3 is 10.4 Å². The van der Waals surface area contributed by atoms with E-state index < -0.39 is 6.10 Å². The van der Waals surface area contributed by atoms with Crippen molar-refractivity contribution in [3.63, 3.8) is 0 Å². The Morgan fingerprint density at radius 1 is 1.04 bits per heavy atom. The van der Waals surface area contributed by atoms with Gasteiger partial charge in [0.2, 0.25) is 0 Å². The van der Waals surface area contributed by atoms with E-state index in [0.29, 0.717) is 17.0 Å². The molecule has 2 nitrogen and oxygen atoms in total. The lowest BCUT2D eigenvalue weighted by atomic mass is 9.76. The van der Waals surface area contributed by atoms with E-state index in [0.717, 1.165) is 23.2 Å². The molecule has 0 bridgehead atoms. The van der Waals surface area contributed by atoms with Crippen LogP contribution in [-0.4, -0.2) is 18.2 Å². The Morgan fingerprint density at radius 2 is 1.54 bits per heavy atom. The van der Waals surface area contributed by atoms with Crippen molar-refractivity contribution < 1.29 is 5.11 Å². The number of halogens is 1. The first-order valence-electron chi connectivity index (χ1n) is 11.5. The number of nitrogens with one attached hydrogen (secondary N) is 1. The molecule has 0 spiro atoms. The van der Waals surface area contributed by atoms with Crippen molar-refractivity contribution in [3.8, 4) is 0 Å². The van der Waals surface area contributed by atoms with Crippen LogP contribution in [-0.2, 0) is 0 Å². The second-order valence-electron chi connectivity index (χ2n) is 7.70. The second-order valence-corrected chi connectivity index (χ2v) is 8.11. The summed E-state index contributed by atoms with van der Waals surface area (Å²) < 4.78 is 0. The maximum Gasteiger partial charge on any atom is 0.0931 e. The Hall–Kier alpha value is -0.570. The maximum atomic E-state index is 10.4. The molecule has 0 saturated heterocycles. The minimum Gasteiger partial charge on any atom is -0.387 e. The fourth-order valence-electron chi connectivity index (χ4n) is 3.54. The molecule has 0 aromatic heterocycles. The van der Waals surface area contributed by atoms with Crippen LogP contribution in [0.2, 0.25) is 5.02 Å². The standard InChI is InChI=1S/C18H28ClNO.C3H8.2C2H6/c1-13-9-14(2)17(15(19)10-13)16(21)11-20-12-18(3)7-5-4-6-8-18;1-3-2;2*1-2/h9-10,16,20-21H,4-8,11-12H2,1-3H3;3H2,1-2H3;2*1-2H3. The average molecular weight is 414 g/mol. The molecular formula is C25H48ClNO. The van der Waals surface area contributed by atoms with Gasteiger partial charge in [-0.05, 0) is 49.3 Å². The molecule has 1 saturated carbocycles. The molecule has 1 unspecified atom stereocenters. The van der Waals surface area contributed by atoms with Crippen LogP contribution in [0.5, 0.6) is 0 Å². The molecule has 0 radical (unpaired) electrons. The first kappa shape index (κ1) is 29.6. The molecule has 1 aromatic rings. The van der Waals surface area contributed by atoms with Crippen LogP contribution in [0.3, 0.4) is 0 Å². The first-order chi connectivity index (χ1) is 13.3. The first-order valence-corrected chi connectivity index (χ1v) is 11.9. The van der Waals surface area contributed by atoms with E-state index in [1.54, 1.807) is 0 Å². The zero-order valence-corrected chi connectivity index (χ0v) is 21.0. The van der Waals surface area contributed by atoms with Gasteiger partial charge in [-0.3, -0.25) is 0 Å². The molecule has 1 aromatic carbocycles. The topological polar surface area (TPSA) is 32.3 Å². The smallest absolute Gasteiger partial charge is 0.0931 e. The van der Waals surface area contributed by atoms with Gasteiger partial charge in [0.1, 0.15) is 0 Å². The molecule has 0 amide bonds. The summed E-state index contributed by atoms with van der Waals surface area (Å²) in [5.41, 5.74) is 3.46. The number of benzene rings is 1. The summed E-state index contributed by atoms with van der Waals surface area (Å²) >= 11 is 6.30. The van der Waals surface area contributed by atoms with Crippen LogP contribution in [0.4, 0.5) is 0 Å². The van der Waals surface area contributed by atoms with E-state index in [1.165, 1.54) is 38.5 Å². The summed E-state index contributed by atoms with van der Waals surface area (Å²) in [6.07, 6.45) is 7.34. The summed E-state index contributed by atoms with van der Waals surface area (Å²) in [7, 11) is 0. The molecule has 1 aliphatic carbocycles. The highest BCUT2D eigenvalue weighted by Crippen LogP contribution is 2.35. The highest BCUT2D eigenvalue weighted by molar-refractivity contribution is 6.31. The predicted octanol–water partition coefficient (Wildman–Crippen LogP) is 8.02. The fraction of sp³-hybridized carbons (Fsp3) is 0.760. The van der Waals surface area contributed by atoms with Gasteiger partial charge in [-0.25, -0.2) is 0 Å². The van der Waals surface area contributed by atoms with Crippen molar-refractivity contribution in [2.24, 2.45) is 5.41 Å². The number of hydrogen-bond acceptors (Lipinski definition) is 2. The fourth-order valence-corrected chi connectivity index (χ4v) is 3.99. The SMILES string of the molecule is CC.CC.CCC.Cc1cc(C)c(C(O)CNCC2(C)CCCCC2)c(Cl)c1. The van der Waals surface area contributed by atoms with E-state index in [1.807, 2.05) is 47.6 Å². The summed E-state index contributed by atoms with van der Waals surface area (Å²) in [6.45, 7) is 20.2. The van der Waals surface area contributed by atoms with Crippen molar-refractivity contribution in [2.45, 2.75) is 107 Å². The van der Waals surface area contributed by atoms with Crippen LogP contribution in [0.1, 0.15) is 110 Å². The monoisotopic (exact) mass is 413 g/mol. The molecule has 166 valence electrons. The van der Waals surface area contributed by atoms with Crippen molar-refractivity contribution in [2.75, 3.05) is 13.1 Å². The number of hydrogen-bond donors (Lipinski definition) is 2. The van der Waals surface area contributed by atoms with Crippen molar-refractivity contribution in [1.82, 2.24) is 5.32 Å². The molecule has 0 aliphatic heterocycles. The van der Waals surface area contributed by atoms with Crippen LogP contribution in [0.25, 0.3) is 0 Å². The van der Waals surface area contributed by atoms with Gasteiger partial charge in [-0.15, -0.1) is 0 Å². The average Bonchev–Trinajstić information content (AvgIpc) is 2.65. The molecule has 3 heteroatoms. The number of aryl methyl sites for hydroxylation is 2. The largest absolute Gasteiger partial charge is 0.387 e. The quantitative estimate of drug-likeness (QED) is 0.512. The van der Waals surface area contributed by atoms with E-state index >= 15 is 0 Å². The molecular weight excluding hydrogens is 366 g/mol. The van der Waals surface area contributed by atoms with Gasteiger partial charge in [-0.2, -0.15) is 0 Å². The second kappa shape index (κ2) is 17.3. The highest BCUT2D eigenvalue weighted by atomic mass is 35.5. The minimum absolute atomic E-state index is 0.393. The van der Waals surface area contributed by atoms with Crippen molar-refractivity contribution in [3.05, 3.63) is 33.8 Å². The molecule has 0 heterocycles. The summed E-state index contributed by atoms with van der Waals surface area (Å²) in [5.74, 6) is 0. The van der Waals surface area contributed by atoms with E-state index in [2.05, 4.69) is 32.2 Å². The lowest BCUT2D eigenvalue weighted by Crippen LogP contribution is -2.35. The third-order valence-corrected chi connectivity index (χ3v) is 5.08. The number of aliphatic hydroxyl groups is 1. The van der Waals surface area contributed by atoms with Gasteiger partial charge in [0, 0.05) is 23.7 Å². The van der Waals surface area contributed by atoms with Crippen LogP contribution < -0.4 is 5.32 Å². The van der Waals surface area contributed by atoms with E-state index in [4.69, 9.17) is 11.6 Å². The van der Waals surface area contributed by atoms with E-state index in [-0.39, 0.29) is 0 Å². The summed E-state index contributed by atoms with van der Waals surface area (Å²) in [5, 5.41) is 14.6. The molecule has 2 rings (SSSR count). The van der Waals surface area contributed by atoms with Crippen LogP contribution in [0, 0.1) is 19.3 Å². The Balaban J connectivity index is 0.